The van der Waals surface area contributed by atoms with E-state index in [2.05, 4.69) is 25.1 Å². The molecule has 3 aromatic rings. The Kier molecular flexibility index (Phi) is 4.61. The number of rotatable bonds is 4. The largest absolute Gasteiger partial charge is 0.465 e. The number of hydrogen-bond donors (Lipinski definition) is 1. The van der Waals surface area contributed by atoms with E-state index in [0.717, 1.165) is 24.6 Å². The number of amides is 1. The molecule has 0 saturated heterocycles. The van der Waals surface area contributed by atoms with Gasteiger partial charge in [-0.15, -0.1) is 5.10 Å². The summed E-state index contributed by atoms with van der Waals surface area (Å²) in [5, 5.41) is 6.84. The lowest BCUT2D eigenvalue weighted by atomic mass is 10.2. The number of fused-ring (bicyclic) bond motifs is 1. The lowest BCUT2D eigenvalue weighted by Gasteiger charge is -2.06. The molecule has 0 spiro atoms. The zero-order valence-corrected chi connectivity index (χ0v) is 14.4. The fraction of sp³-hybridized carbons (Fsp3) is 0.235. The van der Waals surface area contributed by atoms with Crippen LogP contribution in [0.2, 0.25) is 0 Å². The maximum atomic E-state index is 13.6. The number of ether oxygens (including phenoxy) is 1. The lowest BCUT2D eigenvalue weighted by Crippen LogP contribution is -2.16. The molecule has 9 heteroatoms. The Morgan fingerprint density at radius 2 is 2.00 bits per heavy atom. The van der Waals surface area contributed by atoms with Crippen LogP contribution >= 0.6 is 0 Å². The molecular formula is C17H16FN5O3. The summed E-state index contributed by atoms with van der Waals surface area (Å²) in [5.74, 6) is -1.23. The molecule has 3 rings (SSSR count). The first-order valence-electron chi connectivity index (χ1n) is 7.75. The number of aryl methyl sites for hydroxylation is 2. The number of nitrogens with zero attached hydrogens (tertiary/aromatic N) is 4. The molecule has 0 atom stereocenters. The van der Waals surface area contributed by atoms with Gasteiger partial charge >= 0.3 is 5.97 Å². The molecular weight excluding hydrogens is 341 g/mol. The summed E-state index contributed by atoms with van der Waals surface area (Å²) in [6.45, 7) is 3.72. The minimum absolute atomic E-state index is 0.0905. The summed E-state index contributed by atoms with van der Waals surface area (Å²) in [5.41, 5.74) is 1.67. The van der Waals surface area contributed by atoms with E-state index in [-0.39, 0.29) is 17.7 Å². The van der Waals surface area contributed by atoms with Crippen molar-refractivity contribution >= 4 is 23.3 Å². The van der Waals surface area contributed by atoms with Crippen LogP contribution in [0.1, 0.15) is 27.6 Å². The van der Waals surface area contributed by atoms with Crippen molar-refractivity contribution in [3.8, 4) is 0 Å². The van der Waals surface area contributed by atoms with Gasteiger partial charge < -0.3 is 10.1 Å². The van der Waals surface area contributed by atoms with E-state index in [9.17, 15) is 14.0 Å². The van der Waals surface area contributed by atoms with E-state index in [1.165, 1.54) is 12.1 Å². The molecule has 0 bridgehead atoms. The summed E-state index contributed by atoms with van der Waals surface area (Å²) in [6.07, 6.45) is -0.0905. The van der Waals surface area contributed by atoms with E-state index in [0.29, 0.717) is 11.6 Å². The monoisotopic (exact) mass is 357 g/mol. The number of carbonyl (C=O) groups is 2. The normalized spacial score (nSPS) is 10.8. The van der Waals surface area contributed by atoms with Crippen molar-refractivity contribution in [3.05, 3.63) is 52.9 Å². The molecule has 26 heavy (non-hydrogen) atoms. The van der Waals surface area contributed by atoms with Crippen molar-refractivity contribution in [1.82, 2.24) is 19.6 Å². The van der Waals surface area contributed by atoms with Gasteiger partial charge in [-0.1, -0.05) is 0 Å². The van der Waals surface area contributed by atoms with Crippen LogP contribution in [0.3, 0.4) is 0 Å². The number of anilines is 1. The molecule has 2 aromatic heterocycles. The Morgan fingerprint density at radius 3 is 2.73 bits per heavy atom. The van der Waals surface area contributed by atoms with Gasteiger partial charge in [0.1, 0.15) is 5.82 Å². The quantitative estimate of drug-likeness (QED) is 0.716. The highest BCUT2D eigenvalue weighted by Gasteiger charge is 2.15. The van der Waals surface area contributed by atoms with Crippen LogP contribution < -0.4 is 5.32 Å². The molecule has 0 aliphatic rings. The summed E-state index contributed by atoms with van der Waals surface area (Å²) < 4.78 is 19.7. The van der Waals surface area contributed by atoms with Crippen molar-refractivity contribution in [2.45, 2.75) is 20.3 Å². The number of carbonyl (C=O) groups excluding carboxylic acids is 2. The summed E-state index contributed by atoms with van der Waals surface area (Å²) >= 11 is 0. The highest BCUT2D eigenvalue weighted by molar-refractivity contribution is 5.95. The standard InChI is InChI=1S/C17H16FN5O3/c1-9-6-10(2)23-17(19-9)21-14(22-23)8-15(24)20-11-4-5-13(18)12(7-11)16(25)26-3/h4-7H,8H2,1-3H3,(H,20,24). The van der Waals surface area contributed by atoms with Gasteiger partial charge in [-0.3, -0.25) is 4.79 Å². The molecule has 1 aromatic carbocycles. The van der Waals surface area contributed by atoms with Crippen LogP contribution in [-0.2, 0) is 16.0 Å². The van der Waals surface area contributed by atoms with Crippen LogP contribution in [0.15, 0.2) is 24.3 Å². The number of aromatic nitrogens is 4. The van der Waals surface area contributed by atoms with Gasteiger partial charge in [0.2, 0.25) is 5.91 Å². The Balaban J connectivity index is 1.77. The van der Waals surface area contributed by atoms with Crippen molar-refractivity contribution in [1.29, 1.82) is 0 Å². The van der Waals surface area contributed by atoms with Gasteiger partial charge in [0.05, 0.1) is 19.1 Å². The number of benzene rings is 1. The third-order valence-corrected chi connectivity index (χ3v) is 3.64. The van der Waals surface area contributed by atoms with Crippen molar-refractivity contribution in [2.24, 2.45) is 0 Å². The highest BCUT2D eigenvalue weighted by atomic mass is 19.1. The molecule has 0 aliphatic heterocycles. The topological polar surface area (TPSA) is 98.5 Å². The Labute approximate surface area is 148 Å². The van der Waals surface area contributed by atoms with Crippen LogP contribution in [0.5, 0.6) is 0 Å². The summed E-state index contributed by atoms with van der Waals surface area (Å²) in [6, 6.07) is 5.51. The van der Waals surface area contributed by atoms with E-state index >= 15 is 0 Å². The average Bonchev–Trinajstić information content (AvgIpc) is 2.98. The molecule has 1 N–H and O–H groups in total. The van der Waals surface area contributed by atoms with Gasteiger partial charge in [0.15, 0.2) is 5.82 Å². The van der Waals surface area contributed by atoms with Crippen LogP contribution in [0.25, 0.3) is 5.78 Å². The van der Waals surface area contributed by atoms with Crippen molar-refractivity contribution < 1.29 is 18.7 Å². The molecule has 8 nitrogen and oxygen atoms in total. The fourth-order valence-corrected chi connectivity index (χ4v) is 2.50. The first-order chi connectivity index (χ1) is 12.4. The van der Waals surface area contributed by atoms with E-state index in [1.807, 2.05) is 19.9 Å². The predicted octanol–water partition coefficient (Wildman–Crippen LogP) is 1.85. The van der Waals surface area contributed by atoms with E-state index in [1.54, 1.807) is 4.52 Å². The van der Waals surface area contributed by atoms with Crippen molar-refractivity contribution in [3.63, 3.8) is 0 Å². The molecule has 0 saturated carbocycles. The summed E-state index contributed by atoms with van der Waals surface area (Å²) in [4.78, 5) is 32.2. The number of hydrogen-bond acceptors (Lipinski definition) is 6. The van der Waals surface area contributed by atoms with E-state index in [4.69, 9.17) is 0 Å². The second kappa shape index (κ2) is 6.87. The average molecular weight is 357 g/mol. The van der Waals surface area contributed by atoms with Gasteiger partial charge in [-0.05, 0) is 38.1 Å². The van der Waals surface area contributed by atoms with Crippen LogP contribution in [0, 0.1) is 19.7 Å². The molecule has 2 heterocycles. The van der Waals surface area contributed by atoms with Crippen molar-refractivity contribution in [2.75, 3.05) is 12.4 Å². The third kappa shape index (κ3) is 3.51. The zero-order chi connectivity index (χ0) is 18.8. The minimum Gasteiger partial charge on any atom is -0.465 e. The number of methoxy groups -OCH3 is 1. The van der Waals surface area contributed by atoms with Gasteiger partial charge in [-0.25, -0.2) is 18.7 Å². The Morgan fingerprint density at radius 1 is 1.23 bits per heavy atom. The summed E-state index contributed by atoms with van der Waals surface area (Å²) in [7, 11) is 1.15. The lowest BCUT2D eigenvalue weighted by molar-refractivity contribution is -0.115. The van der Waals surface area contributed by atoms with Gasteiger partial charge in [0, 0.05) is 17.1 Å². The number of nitrogens with one attached hydrogen (secondary N) is 1. The fourth-order valence-electron chi connectivity index (χ4n) is 2.50. The zero-order valence-electron chi connectivity index (χ0n) is 14.4. The third-order valence-electron chi connectivity index (χ3n) is 3.64. The van der Waals surface area contributed by atoms with E-state index < -0.39 is 17.7 Å². The number of halogens is 1. The van der Waals surface area contributed by atoms with Gasteiger partial charge in [-0.2, -0.15) is 4.98 Å². The Bertz CT molecular complexity index is 1020. The molecule has 0 fully saturated rings. The van der Waals surface area contributed by atoms with Crippen LogP contribution in [-0.4, -0.2) is 38.6 Å². The Hall–Kier alpha value is -3.36. The molecule has 0 unspecified atom stereocenters. The maximum absolute atomic E-state index is 13.6. The molecule has 134 valence electrons. The smallest absolute Gasteiger partial charge is 0.340 e. The van der Waals surface area contributed by atoms with Gasteiger partial charge in [0.25, 0.3) is 5.78 Å². The molecule has 0 radical (unpaired) electrons. The SMILES string of the molecule is COC(=O)c1cc(NC(=O)Cc2nc3nc(C)cc(C)n3n2)ccc1F. The molecule has 1 amide bonds. The first-order valence-corrected chi connectivity index (χ1v) is 7.75. The maximum Gasteiger partial charge on any atom is 0.340 e. The minimum atomic E-state index is -0.822. The highest BCUT2D eigenvalue weighted by Crippen LogP contribution is 2.16. The second-order valence-electron chi connectivity index (χ2n) is 5.69. The second-order valence-corrected chi connectivity index (χ2v) is 5.69. The van der Waals surface area contributed by atoms with Crippen LogP contribution in [0.4, 0.5) is 10.1 Å². The number of esters is 1. The molecule has 0 aliphatic carbocycles. The predicted molar refractivity (Wildman–Crippen MR) is 90.3 cm³/mol. The first kappa shape index (κ1) is 17.5.